The van der Waals surface area contributed by atoms with E-state index in [4.69, 9.17) is 15.0 Å². The van der Waals surface area contributed by atoms with Crippen molar-refractivity contribution in [1.29, 1.82) is 0 Å². The lowest BCUT2D eigenvalue weighted by atomic mass is 9.85. The predicted molar refractivity (Wildman–Crippen MR) is 553 cm³/mol. The lowest BCUT2D eigenvalue weighted by Crippen LogP contribution is -2.26. The molecule has 0 atom stereocenters. The Morgan fingerprint density at radius 1 is 0.143 bits per heavy atom. The van der Waals surface area contributed by atoms with Gasteiger partial charge in [-0.25, -0.2) is 0 Å². The summed E-state index contributed by atoms with van der Waals surface area (Å²) in [5.41, 5.74) is 73.5. The van der Waals surface area contributed by atoms with E-state index < -0.39 is 0 Å². The Morgan fingerprint density at radius 3 is 0.786 bits per heavy atom. The molecular formula is C125H85N15. The molecule has 35 rings (SSSR count). The minimum atomic E-state index is 0.853. The average Bonchev–Trinajstić information content (AvgIpc) is 1.32. The highest BCUT2D eigenvalue weighted by Crippen LogP contribution is 2.62. The summed E-state index contributed by atoms with van der Waals surface area (Å²) >= 11 is 0. The Balaban J connectivity index is 0.0000000806. The van der Waals surface area contributed by atoms with Crippen molar-refractivity contribution in [3.05, 3.63) is 503 Å². The molecular weight excluding hydrogens is 1710 g/mol. The highest BCUT2D eigenvalue weighted by atomic mass is 15.2. The van der Waals surface area contributed by atoms with Crippen molar-refractivity contribution in [1.82, 2.24) is 49.8 Å². The third-order valence-corrected chi connectivity index (χ3v) is 32.1. The molecule has 15 nitrogen and oxygen atoms in total. The quantitative estimate of drug-likeness (QED) is 0.142. The number of benzene rings is 10. The van der Waals surface area contributed by atoms with Crippen LogP contribution in [0.5, 0.6) is 0 Å². The van der Waals surface area contributed by atoms with Gasteiger partial charge in [-0.2, -0.15) is 0 Å². The zero-order chi connectivity index (χ0) is 91.2. The first-order valence-corrected chi connectivity index (χ1v) is 49.1. The zero-order valence-corrected chi connectivity index (χ0v) is 76.6. The van der Waals surface area contributed by atoms with Gasteiger partial charge in [0, 0.05) is 168 Å². The van der Waals surface area contributed by atoms with Crippen molar-refractivity contribution in [2.45, 2.75) is 96.3 Å². The first kappa shape index (κ1) is 77.9. The topological polar surface area (TPSA) is 145 Å². The van der Waals surface area contributed by atoms with Crippen LogP contribution in [0.25, 0.3) is 55.6 Å². The Labute approximate surface area is 809 Å². The lowest BCUT2D eigenvalue weighted by molar-refractivity contribution is 0.936. The van der Waals surface area contributed by atoms with Crippen molar-refractivity contribution >= 4 is 85.3 Å². The number of hydrogen-bond donors (Lipinski definition) is 0. The molecule has 0 unspecified atom stereocenters. The van der Waals surface area contributed by atoms with Gasteiger partial charge in [0.25, 0.3) is 0 Å². The highest BCUT2D eigenvalue weighted by molar-refractivity contribution is 6.01. The van der Waals surface area contributed by atoms with Crippen molar-refractivity contribution < 1.29 is 0 Å². The molecule has 10 aromatic carbocycles. The molecule has 0 bridgehead atoms. The first-order chi connectivity index (χ1) is 69.4. The van der Waals surface area contributed by atoms with Crippen molar-refractivity contribution in [2.24, 2.45) is 0 Å². The number of aromatic nitrogens is 10. The SMILES string of the molecule is c1ccc2c(c1)Cc1ccc3c(c1-2)Cc1ccnc2c1N3c1ccncc1C2.c1ccc2c(c1)Cc1ccc3c(c1-2)Cc1cncc2c1N3c1cccnc1C2.c1ccc2c(c1)Cc1ccc3c(c1-2)Cc1cncc2c1N3c1ccncc1C2.c1ccc2c(c1)Cc1ccc3c(c1-2)Cc1nccc2c1N3c1cccnc1C2.c1ccc2c(c1)Cc1ccc3c(c1-2)Cc1nccc2c1N3c1ccncc1C2. The maximum absolute atomic E-state index is 4.81. The van der Waals surface area contributed by atoms with Crippen LogP contribution in [0.2, 0.25) is 0 Å². The number of rotatable bonds is 0. The Hall–Kier alpha value is -17.3. The van der Waals surface area contributed by atoms with E-state index in [1.165, 1.54) is 291 Å². The molecule has 10 aromatic heterocycles. The molecule has 0 saturated heterocycles. The van der Waals surface area contributed by atoms with Crippen LogP contribution >= 0.6 is 0 Å². The number of hydrogen-bond acceptors (Lipinski definition) is 15. The van der Waals surface area contributed by atoms with Crippen LogP contribution in [0.15, 0.2) is 336 Å². The van der Waals surface area contributed by atoms with Crippen molar-refractivity contribution in [3.8, 4) is 55.6 Å². The molecule has 10 aliphatic heterocycles. The van der Waals surface area contributed by atoms with Gasteiger partial charge < -0.3 is 24.5 Å². The summed E-state index contributed by atoms with van der Waals surface area (Å²) in [6.07, 6.45) is 43.7. The molecule has 0 amide bonds. The van der Waals surface area contributed by atoms with Gasteiger partial charge in [-0.05, 0) is 307 Å². The zero-order valence-electron chi connectivity index (χ0n) is 76.6. The normalized spacial score (nSPS) is 14.6. The van der Waals surface area contributed by atoms with Crippen LogP contribution in [0, 0.1) is 0 Å². The molecule has 660 valence electrons. The Morgan fingerprint density at radius 2 is 0.400 bits per heavy atom. The summed E-state index contributed by atoms with van der Waals surface area (Å²) in [5.74, 6) is 0. The van der Waals surface area contributed by atoms with Gasteiger partial charge >= 0.3 is 0 Å². The second kappa shape index (κ2) is 30.1. The van der Waals surface area contributed by atoms with E-state index in [-0.39, 0.29) is 0 Å². The molecule has 20 aromatic rings. The average molecular weight is 1800 g/mol. The van der Waals surface area contributed by atoms with E-state index in [0.29, 0.717) is 0 Å². The number of pyridine rings is 10. The summed E-state index contributed by atoms with van der Waals surface area (Å²) in [7, 11) is 0. The third kappa shape index (κ3) is 11.5. The standard InChI is InChI=1S/5C25H17N3/c1-2-5-18-15(4-1)12-16-7-8-22-19(24(16)18)14-21-25-17(9-11-27-21)13-20-23(28(22)25)6-3-10-26-20;1-2-5-19-15(4-1)10-16-7-8-22-20(24(16)19)11-17-13-26-14-18-12-21-23(6-3-9-27-21)28(22)25(17)18;1-2-4-19-15(3-1)11-16-5-6-23-20(24(16)19)12-17-7-10-27-21-13-18-14-26-9-8-22(18)28(23)25(17)21;1-2-4-19-15(3-1)11-16-5-6-23-20(24(16)19)13-21-25-17(7-10-27-21)12-18-14-26-9-8-22(18)28(23)25;1-2-4-20-15(3-1)9-16-5-6-23-21(24(16)20)11-19-14-27-13-18-10-17-12-26-8-7-22(17)28(23)25(18)19/h1-11H,12-14H2;1-9,13-14H,10-12H2;2*1-10,14H,11-13H2;1-8,12-14H,9-11H2. The van der Waals surface area contributed by atoms with Crippen LogP contribution < -0.4 is 24.5 Å². The monoisotopic (exact) mass is 1800 g/mol. The summed E-state index contributed by atoms with van der Waals surface area (Å²) in [6.45, 7) is 0. The smallest absolute Gasteiger partial charge is 0.0717 e. The van der Waals surface area contributed by atoms with Gasteiger partial charge in [-0.15, -0.1) is 0 Å². The summed E-state index contributed by atoms with van der Waals surface area (Å²) in [6, 6.07) is 88.8. The second-order valence-electron chi connectivity index (χ2n) is 39.5. The fourth-order valence-corrected chi connectivity index (χ4v) is 26.4. The molecule has 15 heteroatoms. The molecule has 5 aliphatic carbocycles. The molecule has 0 radical (unpaired) electrons. The Kier molecular flexibility index (Phi) is 16.8. The van der Waals surface area contributed by atoms with Gasteiger partial charge in [-0.1, -0.05) is 152 Å². The minimum Gasteiger partial charge on any atom is -0.309 e. The van der Waals surface area contributed by atoms with E-state index in [9.17, 15) is 0 Å². The van der Waals surface area contributed by atoms with Crippen LogP contribution in [0.4, 0.5) is 85.3 Å². The summed E-state index contributed by atoms with van der Waals surface area (Å²) in [5, 5.41) is 0. The van der Waals surface area contributed by atoms with Crippen molar-refractivity contribution in [2.75, 3.05) is 24.5 Å². The minimum absolute atomic E-state index is 0.853. The van der Waals surface area contributed by atoms with Crippen molar-refractivity contribution in [3.63, 3.8) is 0 Å². The fourth-order valence-electron chi connectivity index (χ4n) is 26.4. The molecule has 0 saturated carbocycles. The number of anilines is 15. The highest BCUT2D eigenvalue weighted by Gasteiger charge is 2.44. The number of nitrogens with zero attached hydrogens (tertiary/aromatic N) is 15. The van der Waals surface area contributed by atoms with Crippen LogP contribution in [-0.4, -0.2) is 49.8 Å². The first-order valence-electron chi connectivity index (χ1n) is 49.1. The van der Waals surface area contributed by atoms with Gasteiger partial charge in [0.2, 0.25) is 0 Å². The maximum Gasteiger partial charge on any atom is 0.0717 e. The largest absolute Gasteiger partial charge is 0.309 e. The predicted octanol–water partition coefficient (Wildman–Crippen LogP) is 26.6. The molecule has 0 N–H and O–H groups in total. The van der Waals surface area contributed by atoms with E-state index >= 15 is 0 Å². The third-order valence-electron chi connectivity index (χ3n) is 32.1. The van der Waals surface area contributed by atoms with E-state index in [0.717, 1.165) is 113 Å². The van der Waals surface area contributed by atoms with Crippen LogP contribution in [0.1, 0.15) is 168 Å². The molecule has 140 heavy (non-hydrogen) atoms. The van der Waals surface area contributed by atoms with E-state index in [1.54, 1.807) is 0 Å². The van der Waals surface area contributed by atoms with Crippen LogP contribution in [0.3, 0.4) is 0 Å². The van der Waals surface area contributed by atoms with Gasteiger partial charge in [0.05, 0.1) is 114 Å². The fraction of sp³-hybridized carbons (Fsp3) is 0.120. The summed E-state index contributed by atoms with van der Waals surface area (Å²) in [4.78, 5) is 58.1. The van der Waals surface area contributed by atoms with E-state index in [1.807, 2.05) is 92.7 Å². The van der Waals surface area contributed by atoms with Gasteiger partial charge in [0.15, 0.2) is 0 Å². The summed E-state index contributed by atoms with van der Waals surface area (Å²) < 4.78 is 0. The van der Waals surface area contributed by atoms with E-state index in [2.05, 4.69) is 302 Å². The number of fused-ring (bicyclic) bond motifs is 40. The molecule has 15 aliphatic rings. The lowest BCUT2D eigenvalue weighted by Gasteiger charge is -2.39. The van der Waals surface area contributed by atoms with Gasteiger partial charge in [0.1, 0.15) is 0 Å². The Bertz CT molecular complexity index is 7710. The molecule has 20 heterocycles. The molecule has 0 fully saturated rings. The maximum atomic E-state index is 4.81. The van der Waals surface area contributed by atoms with Crippen LogP contribution in [-0.2, 0) is 96.3 Å². The second-order valence-corrected chi connectivity index (χ2v) is 39.5. The molecule has 0 spiro atoms. The van der Waals surface area contributed by atoms with Gasteiger partial charge in [-0.3, -0.25) is 49.8 Å².